The van der Waals surface area contributed by atoms with Gasteiger partial charge < -0.3 is 11.1 Å². The van der Waals surface area contributed by atoms with Gasteiger partial charge in [0, 0.05) is 12.2 Å². The van der Waals surface area contributed by atoms with Crippen LogP contribution in [0.5, 0.6) is 0 Å². The minimum absolute atomic E-state index is 0.159. The van der Waals surface area contributed by atoms with Crippen LogP contribution < -0.4 is 15.8 Å². The van der Waals surface area contributed by atoms with Gasteiger partial charge in [0.25, 0.3) is 0 Å². The van der Waals surface area contributed by atoms with Crippen LogP contribution in [-0.4, -0.2) is 26.9 Å². The van der Waals surface area contributed by atoms with Crippen molar-refractivity contribution in [3.05, 3.63) is 24.3 Å². The van der Waals surface area contributed by atoms with Gasteiger partial charge in [0.2, 0.25) is 15.9 Å². The first kappa shape index (κ1) is 15.6. The van der Waals surface area contributed by atoms with Gasteiger partial charge in [-0.25, -0.2) is 13.1 Å². The normalized spacial score (nSPS) is 13.0. The lowest BCUT2D eigenvalue weighted by Gasteiger charge is -2.10. The average Bonchev–Trinajstić information content (AvgIpc) is 2.38. The molecule has 0 saturated carbocycles. The first-order chi connectivity index (χ1) is 8.90. The maximum atomic E-state index is 11.7. The number of rotatable bonds is 6. The third kappa shape index (κ3) is 4.30. The molecule has 0 aliphatic rings. The lowest BCUT2D eigenvalue weighted by Crippen LogP contribution is -2.34. The molecule has 0 aliphatic heterocycles. The Hall–Kier alpha value is -1.44. The van der Waals surface area contributed by atoms with E-state index in [2.05, 4.69) is 10.0 Å². The molecule has 106 valence electrons. The minimum atomic E-state index is -3.46. The fraction of sp³-hybridized carbons (Fsp3) is 0.417. The summed E-state index contributed by atoms with van der Waals surface area (Å²) in [5.41, 5.74) is 6.10. The van der Waals surface area contributed by atoms with Crippen molar-refractivity contribution in [1.82, 2.24) is 4.72 Å². The van der Waals surface area contributed by atoms with Gasteiger partial charge in [0.1, 0.15) is 0 Å². The second-order valence-electron chi connectivity index (χ2n) is 4.03. The molecule has 1 unspecified atom stereocenters. The van der Waals surface area contributed by atoms with Crippen molar-refractivity contribution >= 4 is 21.6 Å². The molecule has 0 heterocycles. The van der Waals surface area contributed by atoms with E-state index in [1.165, 1.54) is 24.3 Å². The van der Waals surface area contributed by atoms with E-state index < -0.39 is 16.1 Å². The van der Waals surface area contributed by atoms with Gasteiger partial charge in [-0.2, -0.15) is 0 Å². The number of sulfonamides is 1. The molecule has 7 heteroatoms. The zero-order valence-electron chi connectivity index (χ0n) is 11.0. The van der Waals surface area contributed by atoms with Crippen LogP contribution in [0.25, 0.3) is 0 Å². The molecule has 0 saturated heterocycles. The zero-order valence-corrected chi connectivity index (χ0v) is 11.8. The van der Waals surface area contributed by atoms with Gasteiger partial charge in [-0.05, 0) is 30.7 Å². The minimum Gasteiger partial charge on any atom is -0.325 e. The molecule has 4 N–H and O–H groups in total. The largest absolute Gasteiger partial charge is 0.325 e. The number of hydrogen-bond donors (Lipinski definition) is 3. The first-order valence-corrected chi connectivity index (χ1v) is 7.55. The van der Waals surface area contributed by atoms with Crippen LogP contribution in [-0.2, 0) is 14.8 Å². The molecule has 0 aromatic heterocycles. The van der Waals surface area contributed by atoms with Gasteiger partial charge >= 0.3 is 0 Å². The van der Waals surface area contributed by atoms with E-state index >= 15 is 0 Å². The van der Waals surface area contributed by atoms with Crippen LogP contribution in [0.15, 0.2) is 29.2 Å². The number of nitrogens with one attached hydrogen (secondary N) is 2. The number of carbonyl (C=O) groups is 1. The van der Waals surface area contributed by atoms with Crippen LogP contribution in [0.4, 0.5) is 5.69 Å². The molecule has 0 radical (unpaired) electrons. The summed E-state index contributed by atoms with van der Waals surface area (Å²) in [7, 11) is -3.46. The lowest BCUT2D eigenvalue weighted by molar-refractivity contribution is -0.117. The van der Waals surface area contributed by atoms with Gasteiger partial charge in [-0.1, -0.05) is 13.8 Å². The van der Waals surface area contributed by atoms with E-state index in [1.54, 1.807) is 6.92 Å². The van der Waals surface area contributed by atoms with E-state index in [0.717, 1.165) is 0 Å². The van der Waals surface area contributed by atoms with E-state index in [0.29, 0.717) is 18.7 Å². The number of hydrogen-bond acceptors (Lipinski definition) is 4. The standard InChI is InChI=1S/C12H19N3O3S/c1-3-11(13)12(16)15-9-5-7-10(8-6-9)19(17,18)14-4-2/h5-8,11,14H,3-4,13H2,1-2H3,(H,15,16). The van der Waals surface area contributed by atoms with Crippen molar-refractivity contribution in [2.75, 3.05) is 11.9 Å². The Morgan fingerprint density at radius 1 is 1.26 bits per heavy atom. The fourth-order valence-electron chi connectivity index (χ4n) is 1.41. The van der Waals surface area contributed by atoms with Crippen molar-refractivity contribution in [2.45, 2.75) is 31.2 Å². The number of benzene rings is 1. The van der Waals surface area contributed by atoms with E-state index in [1.807, 2.05) is 6.92 Å². The molecule has 19 heavy (non-hydrogen) atoms. The second kappa shape index (κ2) is 6.65. The second-order valence-corrected chi connectivity index (χ2v) is 5.80. The maximum Gasteiger partial charge on any atom is 0.241 e. The topological polar surface area (TPSA) is 101 Å². The Bertz CT molecular complexity index is 526. The molecule has 6 nitrogen and oxygen atoms in total. The predicted molar refractivity (Wildman–Crippen MR) is 74.2 cm³/mol. The average molecular weight is 285 g/mol. The Balaban J connectivity index is 2.80. The molecular formula is C12H19N3O3S. The van der Waals surface area contributed by atoms with Gasteiger partial charge in [0.15, 0.2) is 0 Å². The molecule has 1 atom stereocenters. The number of nitrogens with two attached hydrogens (primary N) is 1. The Morgan fingerprint density at radius 3 is 2.32 bits per heavy atom. The summed E-state index contributed by atoms with van der Waals surface area (Å²) in [4.78, 5) is 11.7. The number of carbonyl (C=O) groups excluding carboxylic acids is 1. The molecule has 1 aromatic carbocycles. The SMILES string of the molecule is CCNS(=O)(=O)c1ccc(NC(=O)C(N)CC)cc1. The van der Waals surface area contributed by atoms with Crippen LogP contribution in [0, 0.1) is 0 Å². The van der Waals surface area contributed by atoms with Crippen molar-refractivity contribution < 1.29 is 13.2 Å². The van der Waals surface area contributed by atoms with E-state index in [4.69, 9.17) is 5.73 Å². The van der Waals surface area contributed by atoms with Crippen molar-refractivity contribution in [2.24, 2.45) is 5.73 Å². The molecule has 1 amide bonds. The molecule has 0 aliphatic carbocycles. The summed E-state index contributed by atoms with van der Waals surface area (Å²) in [5, 5.41) is 2.62. The summed E-state index contributed by atoms with van der Waals surface area (Å²) in [6, 6.07) is 5.37. The summed E-state index contributed by atoms with van der Waals surface area (Å²) in [5.74, 6) is -0.287. The summed E-state index contributed by atoms with van der Waals surface area (Å²) < 4.78 is 25.8. The zero-order chi connectivity index (χ0) is 14.5. The van der Waals surface area contributed by atoms with Crippen LogP contribution in [0.1, 0.15) is 20.3 Å². The highest BCUT2D eigenvalue weighted by Crippen LogP contribution is 2.14. The highest BCUT2D eigenvalue weighted by molar-refractivity contribution is 7.89. The maximum absolute atomic E-state index is 11.7. The lowest BCUT2D eigenvalue weighted by atomic mass is 10.2. The quantitative estimate of drug-likeness (QED) is 0.714. The third-order valence-corrected chi connectivity index (χ3v) is 4.10. The summed E-state index contributed by atoms with van der Waals surface area (Å²) >= 11 is 0. The van der Waals surface area contributed by atoms with Gasteiger partial charge in [-0.15, -0.1) is 0 Å². The summed E-state index contributed by atoms with van der Waals surface area (Å²) in [6.45, 7) is 3.85. The Kier molecular flexibility index (Phi) is 5.46. The first-order valence-electron chi connectivity index (χ1n) is 6.07. The number of amides is 1. The molecule has 1 rings (SSSR count). The Labute approximate surface area is 113 Å². The van der Waals surface area contributed by atoms with Gasteiger partial charge in [0.05, 0.1) is 10.9 Å². The molecular weight excluding hydrogens is 266 g/mol. The highest BCUT2D eigenvalue weighted by atomic mass is 32.2. The van der Waals surface area contributed by atoms with Crippen molar-refractivity contribution in [3.8, 4) is 0 Å². The monoisotopic (exact) mass is 285 g/mol. The fourth-order valence-corrected chi connectivity index (χ4v) is 2.45. The Morgan fingerprint density at radius 2 is 1.84 bits per heavy atom. The number of anilines is 1. The highest BCUT2D eigenvalue weighted by Gasteiger charge is 2.14. The van der Waals surface area contributed by atoms with Gasteiger partial charge in [-0.3, -0.25) is 4.79 Å². The van der Waals surface area contributed by atoms with Crippen LogP contribution in [0.3, 0.4) is 0 Å². The predicted octanol–water partition coefficient (Wildman–Crippen LogP) is 0.661. The molecule has 0 bridgehead atoms. The molecule has 1 aromatic rings. The van der Waals surface area contributed by atoms with Crippen LogP contribution >= 0.6 is 0 Å². The van der Waals surface area contributed by atoms with E-state index in [9.17, 15) is 13.2 Å². The smallest absolute Gasteiger partial charge is 0.241 e. The van der Waals surface area contributed by atoms with Crippen molar-refractivity contribution in [3.63, 3.8) is 0 Å². The molecule has 0 fully saturated rings. The molecule has 0 spiro atoms. The van der Waals surface area contributed by atoms with Crippen LogP contribution in [0.2, 0.25) is 0 Å². The third-order valence-electron chi connectivity index (χ3n) is 2.54. The van der Waals surface area contributed by atoms with Crippen molar-refractivity contribution in [1.29, 1.82) is 0 Å². The van der Waals surface area contributed by atoms with E-state index in [-0.39, 0.29) is 10.8 Å². The summed E-state index contributed by atoms with van der Waals surface area (Å²) in [6.07, 6.45) is 0.540.